The molecule has 1 fully saturated rings. The highest BCUT2D eigenvalue weighted by Crippen LogP contribution is 2.30. The zero-order valence-corrected chi connectivity index (χ0v) is 22.3. The number of benzene rings is 4. The van der Waals surface area contributed by atoms with Crippen molar-refractivity contribution in [1.82, 2.24) is 14.5 Å². The van der Waals surface area contributed by atoms with Crippen LogP contribution in [0, 0.1) is 0 Å². The molecule has 200 valence electrons. The molecule has 40 heavy (non-hydrogen) atoms. The van der Waals surface area contributed by atoms with Crippen molar-refractivity contribution < 1.29 is 0 Å². The van der Waals surface area contributed by atoms with E-state index in [-0.39, 0.29) is 17.9 Å². The second kappa shape index (κ2) is 10.2. The molecule has 0 saturated carbocycles. The molecule has 0 aliphatic carbocycles. The van der Waals surface area contributed by atoms with Crippen LogP contribution in [-0.4, -0.2) is 27.5 Å². The fraction of sp³-hybridized carbons (Fsp3) is 0.212. The summed E-state index contributed by atoms with van der Waals surface area (Å²) in [6, 6.07) is 33.3. The number of nitrogens with two attached hydrogens (primary N) is 1. The van der Waals surface area contributed by atoms with E-state index in [9.17, 15) is 4.79 Å². The summed E-state index contributed by atoms with van der Waals surface area (Å²) in [5.74, 6) is 0. The number of imidazole rings is 1. The van der Waals surface area contributed by atoms with Gasteiger partial charge in [0.2, 0.25) is 0 Å². The maximum absolute atomic E-state index is 12.6. The number of hydrogen-bond donors (Lipinski definition) is 2. The Labute approximate surface area is 232 Å². The lowest BCUT2D eigenvalue weighted by Crippen LogP contribution is -2.38. The standard InChI is InChI=1S/C33H32N6O/c34-26-14-15-29-25(20-26)22-38(27-6-2-1-3-7-27)32(35-29)24-12-10-23(11-13-24)21-37-18-16-28(17-19-37)39-31-9-5-4-8-30(31)36-33(39)40/h1-15,20,22,28,32H,16-19,21,34H2,(H,36,40). The molecule has 7 nitrogen and oxygen atoms in total. The van der Waals surface area contributed by atoms with Gasteiger partial charge in [0.1, 0.15) is 0 Å². The lowest BCUT2D eigenvalue weighted by Gasteiger charge is -2.33. The van der Waals surface area contributed by atoms with Crippen molar-refractivity contribution in [2.75, 3.05) is 23.7 Å². The fourth-order valence-corrected chi connectivity index (χ4v) is 6.09. The van der Waals surface area contributed by atoms with E-state index in [1.54, 1.807) is 0 Å². The predicted octanol–water partition coefficient (Wildman–Crippen LogP) is 4.33. The van der Waals surface area contributed by atoms with Gasteiger partial charge in [0, 0.05) is 48.5 Å². The summed E-state index contributed by atoms with van der Waals surface area (Å²) in [7, 11) is 0. The van der Waals surface area contributed by atoms with Gasteiger partial charge in [-0.05, 0) is 66.4 Å². The number of nitrogens with one attached hydrogen (secondary N) is 1. The normalized spacial score (nSPS) is 17.8. The van der Waals surface area contributed by atoms with Gasteiger partial charge in [0.15, 0.2) is 6.17 Å². The Morgan fingerprint density at radius 3 is 2.42 bits per heavy atom. The number of nitrogen functional groups attached to an aromatic ring is 1. The number of para-hydroxylation sites is 3. The van der Waals surface area contributed by atoms with Crippen molar-refractivity contribution >= 4 is 28.6 Å². The van der Waals surface area contributed by atoms with Crippen LogP contribution in [0.1, 0.15) is 36.2 Å². The first kappa shape index (κ1) is 24.4. The third-order valence-electron chi connectivity index (χ3n) is 8.14. The zero-order chi connectivity index (χ0) is 27.1. The summed E-state index contributed by atoms with van der Waals surface area (Å²) >= 11 is 0. The van der Waals surface area contributed by atoms with Crippen LogP contribution in [0.25, 0.3) is 17.2 Å². The molecule has 3 N–H and O–H groups in total. The molecule has 2 aliphatic heterocycles. The number of anilines is 2. The van der Waals surface area contributed by atoms with E-state index in [2.05, 4.69) is 69.5 Å². The van der Waals surface area contributed by atoms with Gasteiger partial charge in [0.25, 0.3) is 0 Å². The topological polar surface area (TPSA) is 82.6 Å². The molecule has 7 rings (SSSR count). The fourth-order valence-electron chi connectivity index (χ4n) is 6.09. The average Bonchev–Trinajstić information content (AvgIpc) is 3.33. The molecule has 0 radical (unpaired) electrons. The Hall–Kier alpha value is -4.62. The highest BCUT2D eigenvalue weighted by Gasteiger charge is 2.24. The van der Waals surface area contributed by atoms with Crippen LogP contribution in [-0.2, 0) is 6.54 Å². The first-order valence-electron chi connectivity index (χ1n) is 13.9. The van der Waals surface area contributed by atoms with Crippen LogP contribution < -0.4 is 26.9 Å². The van der Waals surface area contributed by atoms with Crippen molar-refractivity contribution in [2.24, 2.45) is 4.99 Å². The number of hydrogen-bond acceptors (Lipinski definition) is 5. The van der Waals surface area contributed by atoms with Gasteiger partial charge in [-0.2, -0.15) is 0 Å². The van der Waals surface area contributed by atoms with Gasteiger partial charge < -0.3 is 15.6 Å². The third kappa shape index (κ3) is 4.58. The monoisotopic (exact) mass is 528 g/mol. The molecule has 4 aromatic carbocycles. The molecular formula is C33H32N6O. The third-order valence-corrected chi connectivity index (χ3v) is 8.14. The summed E-state index contributed by atoms with van der Waals surface area (Å²) in [5.41, 5.74) is 12.2. The Morgan fingerprint density at radius 1 is 0.875 bits per heavy atom. The average molecular weight is 529 g/mol. The number of aromatic nitrogens is 2. The number of likely N-dealkylation sites (tertiary alicyclic amines) is 1. The van der Waals surface area contributed by atoms with Crippen LogP contribution >= 0.6 is 0 Å². The quantitative estimate of drug-likeness (QED) is 0.333. The van der Waals surface area contributed by atoms with E-state index in [0.717, 1.165) is 71.0 Å². The van der Waals surface area contributed by atoms with Crippen LogP contribution in [0.3, 0.4) is 0 Å². The molecule has 3 heterocycles. The van der Waals surface area contributed by atoms with Gasteiger partial charge >= 0.3 is 5.69 Å². The van der Waals surface area contributed by atoms with Crippen LogP contribution in [0.5, 0.6) is 0 Å². The molecule has 0 spiro atoms. The Bertz CT molecular complexity index is 1830. The molecule has 1 aromatic heterocycles. The molecule has 0 bridgehead atoms. The largest absolute Gasteiger partial charge is 0.399 e. The number of nitrogens with zero attached hydrogens (tertiary/aromatic N) is 4. The van der Waals surface area contributed by atoms with Crippen LogP contribution in [0.4, 0.5) is 11.4 Å². The number of H-pyrrole nitrogens is 1. The molecule has 2 aliphatic rings. The first-order valence-corrected chi connectivity index (χ1v) is 13.9. The highest BCUT2D eigenvalue weighted by atomic mass is 16.1. The summed E-state index contributed by atoms with van der Waals surface area (Å²) in [4.78, 5) is 25.5. The summed E-state index contributed by atoms with van der Waals surface area (Å²) in [6.07, 6.45) is 3.92. The van der Waals surface area contributed by atoms with Crippen molar-refractivity contribution in [1.29, 1.82) is 0 Å². The minimum atomic E-state index is -0.155. The van der Waals surface area contributed by atoms with Crippen molar-refractivity contribution in [2.45, 2.75) is 31.6 Å². The molecule has 1 saturated heterocycles. The molecular weight excluding hydrogens is 496 g/mol. The van der Waals surface area contributed by atoms with E-state index in [4.69, 9.17) is 10.7 Å². The van der Waals surface area contributed by atoms with Crippen molar-refractivity contribution in [3.05, 3.63) is 129 Å². The smallest absolute Gasteiger partial charge is 0.326 e. The molecule has 1 unspecified atom stereocenters. The van der Waals surface area contributed by atoms with E-state index in [0.29, 0.717) is 0 Å². The summed E-state index contributed by atoms with van der Waals surface area (Å²) < 4.78 is 1.96. The van der Waals surface area contributed by atoms with Gasteiger partial charge in [-0.15, -0.1) is 0 Å². The minimum Gasteiger partial charge on any atom is -0.399 e. The Kier molecular flexibility index (Phi) is 6.21. The lowest BCUT2D eigenvalue weighted by atomic mass is 10.0. The van der Waals surface area contributed by atoms with Gasteiger partial charge in [0.05, 0.1) is 16.4 Å². The second-order valence-electron chi connectivity index (χ2n) is 10.8. The lowest BCUT2D eigenvalue weighted by molar-refractivity contribution is 0.180. The Morgan fingerprint density at radius 2 is 1.62 bits per heavy atom. The maximum Gasteiger partial charge on any atom is 0.326 e. The number of rotatable bonds is 5. The summed E-state index contributed by atoms with van der Waals surface area (Å²) in [5, 5.41) is 1.97. The van der Waals surface area contributed by atoms with E-state index in [1.807, 2.05) is 53.1 Å². The van der Waals surface area contributed by atoms with Crippen molar-refractivity contribution in [3.8, 4) is 0 Å². The van der Waals surface area contributed by atoms with Crippen molar-refractivity contribution in [3.63, 3.8) is 0 Å². The van der Waals surface area contributed by atoms with Crippen LogP contribution in [0.15, 0.2) is 107 Å². The van der Waals surface area contributed by atoms with Gasteiger partial charge in [-0.25, -0.2) is 4.79 Å². The predicted molar refractivity (Wildman–Crippen MR) is 160 cm³/mol. The second-order valence-corrected chi connectivity index (χ2v) is 10.8. The maximum atomic E-state index is 12.6. The first-order chi connectivity index (χ1) is 19.6. The number of aromatic amines is 1. The van der Waals surface area contributed by atoms with Gasteiger partial charge in [-0.1, -0.05) is 54.6 Å². The minimum absolute atomic E-state index is 0.00347. The molecule has 1 atom stereocenters. The molecule has 7 heteroatoms. The summed E-state index contributed by atoms with van der Waals surface area (Å²) in [6.45, 7) is 2.83. The Balaban J connectivity index is 1.08. The SMILES string of the molecule is Nc1ccc2c(c1)=CN(c1ccccc1)C(c1ccc(CN3CCC(n4c(=O)[nH]c5ccccc54)CC3)cc1)N=2. The highest BCUT2D eigenvalue weighted by molar-refractivity contribution is 5.75. The zero-order valence-electron chi connectivity index (χ0n) is 22.3. The molecule has 0 amide bonds. The van der Waals surface area contributed by atoms with E-state index < -0.39 is 0 Å². The number of fused-ring (bicyclic) bond motifs is 2. The van der Waals surface area contributed by atoms with E-state index in [1.165, 1.54) is 5.56 Å². The van der Waals surface area contributed by atoms with Crippen LogP contribution in [0.2, 0.25) is 0 Å². The molecule has 5 aromatic rings. The van der Waals surface area contributed by atoms with E-state index >= 15 is 0 Å². The number of piperidine rings is 1. The van der Waals surface area contributed by atoms with Gasteiger partial charge in [-0.3, -0.25) is 14.5 Å².